The standard InChI is InChI=1S/C14H16OS/c1-10(2)7-12(15)8-11-9-16-14-6-4-3-5-13(11)14/h3-6,9-10H,7-8H2,1-2H3. The second-order valence-electron chi connectivity index (χ2n) is 4.57. The summed E-state index contributed by atoms with van der Waals surface area (Å²) in [5.41, 5.74) is 1.19. The van der Waals surface area contributed by atoms with Gasteiger partial charge in [0.2, 0.25) is 0 Å². The summed E-state index contributed by atoms with van der Waals surface area (Å²) in [6.07, 6.45) is 1.27. The highest BCUT2D eigenvalue weighted by atomic mass is 32.1. The van der Waals surface area contributed by atoms with Crippen molar-refractivity contribution in [2.45, 2.75) is 26.7 Å². The number of rotatable bonds is 4. The molecule has 0 N–H and O–H groups in total. The lowest BCUT2D eigenvalue weighted by atomic mass is 10.0. The van der Waals surface area contributed by atoms with Crippen LogP contribution in [0, 0.1) is 5.92 Å². The van der Waals surface area contributed by atoms with Crippen LogP contribution in [0.15, 0.2) is 29.6 Å². The number of carbonyl (C=O) groups excluding carboxylic acids is 1. The summed E-state index contributed by atoms with van der Waals surface area (Å²) in [4.78, 5) is 11.8. The van der Waals surface area contributed by atoms with Crippen molar-refractivity contribution in [3.8, 4) is 0 Å². The zero-order chi connectivity index (χ0) is 11.5. The Kier molecular flexibility index (Phi) is 3.39. The zero-order valence-corrected chi connectivity index (χ0v) is 10.5. The second kappa shape index (κ2) is 4.79. The van der Waals surface area contributed by atoms with Crippen LogP contribution in [0.3, 0.4) is 0 Å². The average Bonchev–Trinajstić information content (AvgIpc) is 2.61. The SMILES string of the molecule is CC(C)CC(=O)Cc1csc2ccccc12. The van der Waals surface area contributed by atoms with E-state index in [1.54, 1.807) is 11.3 Å². The van der Waals surface area contributed by atoms with E-state index >= 15 is 0 Å². The van der Waals surface area contributed by atoms with Crippen LogP contribution in [0.4, 0.5) is 0 Å². The normalized spacial score (nSPS) is 11.2. The highest BCUT2D eigenvalue weighted by Gasteiger charge is 2.09. The van der Waals surface area contributed by atoms with Gasteiger partial charge in [0.05, 0.1) is 0 Å². The Morgan fingerprint density at radius 2 is 2.06 bits per heavy atom. The van der Waals surface area contributed by atoms with E-state index in [2.05, 4.69) is 31.4 Å². The molecule has 84 valence electrons. The second-order valence-corrected chi connectivity index (χ2v) is 5.48. The Balaban J connectivity index is 2.18. The van der Waals surface area contributed by atoms with E-state index in [4.69, 9.17) is 0 Å². The van der Waals surface area contributed by atoms with E-state index < -0.39 is 0 Å². The van der Waals surface area contributed by atoms with Gasteiger partial charge in [-0.1, -0.05) is 32.0 Å². The molecule has 0 saturated heterocycles. The van der Waals surface area contributed by atoms with Crippen LogP contribution in [0.2, 0.25) is 0 Å². The minimum Gasteiger partial charge on any atom is -0.299 e. The van der Waals surface area contributed by atoms with Gasteiger partial charge in [-0.25, -0.2) is 0 Å². The molecule has 1 heterocycles. The summed E-state index contributed by atoms with van der Waals surface area (Å²) in [6, 6.07) is 8.28. The van der Waals surface area contributed by atoms with E-state index in [1.165, 1.54) is 15.6 Å². The number of benzene rings is 1. The summed E-state index contributed by atoms with van der Waals surface area (Å²) >= 11 is 1.72. The fourth-order valence-corrected chi connectivity index (χ4v) is 2.87. The minimum atomic E-state index is 0.346. The molecule has 2 rings (SSSR count). The Hall–Kier alpha value is -1.15. The predicted octanol–water partition coefficient (Wildman–Crippen LogP) is 4.06. The van der Waals surface area contributed by atoms with Gasteiger partial charge in [-0.15, -0.1) is 11.3 Å². The van der Waals surface area contributed by atoms with Crippen molar-refractivity contribution in [2.75, 3.05) is 0 Å². The van der Waals surface area contributed by atoms with E-state index in [1.807, 2.05) is 12.1 Å². The molecule has 0 fully saturated rings. The number of hydrogen-bond acceptors (Lipinski definition) is 2. The van der Waals surface area contributed by atoms with Crippen LogP contribution in [-0.4, -0.2) is 5.78 Å². The van der Waals surface area contributed by atoms with E-state index in [0.717, 1.165) is 0 Å². The maximum Gasteiger partial charge on any atom is 0.137 e. The van der Waals surface area contributed by atoms with Crippen LogP contribution in [-0.2, 0) is 11.2 Å². The largest absolute Gasteiger partial charge is 0.299 e. The maximum atomic E-state index is 11.8. The molecule has 0 aliphatic heterocycles. The Morgan fingerprint density at radius 3 is 2.81 bits per heavy atom. The van der Waals surface area contributed by atoms with Gasteiger partial charge in [0.1, 0.15) is 5.78 Å². The van der Waals surface area contributed by atoms with Gasteiger partial charge in [0, 0.05) is 17.5 Å². The fourth-order valence-electron chi connectivity index (χ4n) is 1.91. The van der Waals surface area contributed by atoms with Crippen molar-refractivity contribution >= 4 is 27.2 Å². The summed E-state index contributed by atoms with van der Waals surface area (Å²) in [6.45, 7) is 4.17. The quantitative estimate of drug-likeness (QED) is 0.777. The highest BCUT2D eigenvalue weighted by molar-refractivity contribution is 7.17. The van der Waals surface area contributed by atoms with Crippen molar-refractivity contribution in [2.24, 2.45) is 5.92 Å². The number of carbonyl (C=O) groups is 1. The van der Waals surface area contributed by atoms with Gasteiger partial charge in [-0.3, -0.25) is 4.79 Å². The lowest BCUT2D eigenvalue weighted by Gasteiger charge is -2.03. The lowest BCUT2D eigenvalue weighted by Crippen LogP contribution is -2.05. The van der Waals surface area contributed by atoms with Gasteiger partial charge in [0.15, 0.2) is 0 Å². The molecular formula is C14H16OS. The first-order valence-electron chi connectivity index (χ1n) is 5.63. The van der Waals surface area contributed by atoms with Crippen molar-refractivity contribution in [3.63, 3.8) is 0 Å². The molecule has 0 aliphatic carbocycles. The number of ketones is 1. The molecule has 1 nitrogen and oxygen atoms in total. The first-order chi connectivity index (χ1) is 7.66. The van der Waals surface area contributed by atoms with Gasteiger partial charge in [-0.05, 0) is 28.3 Å². The van der Waals surface area contributed by atoms with Gasteiger partial charge in [0.25, 0.3) is 0 Å². The molecule has 0 aliphatic rings. The lowest BCUT2D eigenvalue weighted by molar-refractivity contribution is -0.119. The third-order valence-corrected chi connectivity index (χ3v) is 3.60. The monoisotopic (exact) mass is 232 g/mol. The van der Waals surface area contributed by atoms with Crippen LogP contribution in [0.1, 0.15) is 25.8 Å². The summed E-state index contributed by atoms with van der Waals surface area (Å²) in [5, 5.41) is 3.35. The van der Waals surface area contributed by atoms with E-state index in [0.29, 0.717) is 24.5 Å². The van der Waals surface area contributed by atoms with Gasteiger partial charge < -0.3 is 0 Å². The molecule has 1 aromatic heterocycles. The van der Waals surface area contributed by atoms with Crippen LogP contribution in [0.5, 0.6) is 0 Å². The summed E-state index contributed by atoms with van der Waals surface area (Å²) < 4.78 is 1.27. The molecule has 0 saturated carbocycles. The smallest absolute Gasteiger partial charge is 0.137 e. The summed E-state index contributed by atoms with van der Waals surface area (Å²) in [7, 11) is 0. The molecule has 0 amide bonds. The number of fused-ring (bicyclic) bond motifs is 1. The Morgan fingerprint density at radius 1 is 1.31 bits per heavy atom. The predicted molar refractivity (Wildman–Crippen MR) is 70.0 cm³/mol. The molecular weight excluding hydrogens is 216 g/mol. The maximum absolute atomic E-state index is 11.8. The molecule has 2 aromatic rings. The van der Waals surface area contributed by atoms with Gasteiger partial charge in [-0.2, -0.15) is 0 Å². The average molecular weight is 232 g/mol. The third kappa shape index (κ3) is 2.50. The number of thiophene rings is 1. The first kappa shape index (κ1) is 11.3. The zero-order valence-electron chi connectivity index (χ0n) is 9.69. The van der Waals surface area contributed by atoms with Crippen molar-refractivity contribution in [1.29, 1.82) is 0 Å². The van der Waals surface area contributed by atoms with Gasteiger partial charge >= 0.3 is 0 Å². The van der Waals surface area contributed by atoms with Crippen molar-refractivity contribution in [1.82, 2.24) is 0 Å². The molecule has 0 unspecified atom stereocenters. The third-order valence-electron chi connectivity index (χ3n) is 2.58. The van der Waals surface area contributed by atoms with Crippen molar-refractivity contribution in [3.05, 3.63) is 35.2 Å². The number of hydrogen-bond donors (Lipinski definition) is 0. The fraction of sp³-hybridized carbons (Fsp3) is 0.357. The highest BCUT2D eigenvalue weighted by Crippen LogP contribution is 2.26. The molecule has 16 heavy (non-hydrogen) atoms. The molecule has 1 aromatic carbocycles. The molecule has 0 radical (unpaired) electrons. The molecule has 0 spiro atoms. The Bertz CT molecular complexity index is 496. The minimum absolute atomic E-state index is 0.346. The number of Topliss-reactive ketones (excluding diaryl/α,β-unsaturated/α-hetero) is 1. The van der Waals surface area contributed by atoms with Crippen LogP contribution in [0.25, 0.3) is 10.1 Å². The topological polar surface area (TPSA) is 17.1 Å². The Labute approximate surface area is 100 Å². The molecule has 2 heteroatoms. The first-order valence-corrected chi connectivity index (χ1v) is 6.51. The van der Waals surface area contributed by atoms with Crippen molar-refractivity contribution < 1.29 is 4.79 Å². The van der Waals surface area contributed by atoms with Crippen LogP contribution >= 0.6 is 11.3 Å². The molecule has 0 bridgehead atoms. The van der Waals surface area contributed by atoms with E-state index in [9.17, 15) is 4.79 Å². The van der Waals surface area contributed by atoms with E-state index in [-0.39, 0.29) is 0 Å². The summed E-state index contributed by atoms with van der Waals surface area (Å²) in [5.74, 6) is 0.802. The van der Waals surface area contributed by atoms with Crippen LogP contribution < -0.4 is 0 Å². The molecule has 0 atom stereocenters.